The maximum Gasteiger partial charge on any atom is 0.246 e. The van der Waals surface area contributed by atoms with E-state index in [9.17, 15) is 14.4 Å². The summed E-state index contributed by atoms with van der Waals surface area (Å²) in [5.74, 6) is -1.23. The number of fused-ring (bicyclic) bond motifs is 1. The normalized spacial score (nSPS) is 33.9. The summed E-state index contributed by atoms with van der Waals surface area (Å²) in [5.41, 5.74) is -0.583. The molecule has 37 heavy (non-hydrogen) atoms. The van der Waals surface area contributed by atoms with Crippen LogP contribution in [-0.4, -0.2) is 73.8 Å². The lowest BCUT2D eigenvalue weighted by molar-refractivity contribution is -0.141. The van der Waals surface area contributed by atoms with E-state index in [0.717, 1.165) is 19.3 Å². The van der Waals surface area contributed by atoms with Gasteiger partial charge in [-0.2, -0.15) is 0 Å². The molecule has 1 spiro atoms. The fourth-order valence-corrected chi connectivity index (χ4v) is 6.61. The van der Waals surface area contributed by atoms with Crippen LogP contribution < -0.4 is 15.4 Å². The largest absolute Gasteiger partial charge is 0.497 e. The van der Waals surface area contributed by atoms with Crippen molar-refractivity contribution in [3.63, 3.8) is 0 Å². The van der Waals surface area contributed by atoms with Gasteiger partial charge in [0, 0.05) is 38.1 Å². The highest BCUT2D eigenvalue weighted by Gasteiger charge is 2.72. The van der Waals surface area contributed by atoms with E-state index in [1.165, 1.54) is 6.42 Å². The molecule has 1 saturated carbocycles. The first-order valence-electron chi connectivity index (χ1n) is 13.3. The van der Waals surface area contributed by atoms with E-state index >= 15 is 0 Å². The van der Waals surface area contributed by atoms with Gasteiger partial charge in [0.05, 0.1) is 25.0 Å². The molecule has 9 nitrogen and oxygen atoms in total. The first kappa shape index (κ1) is 25.7. The zero-order chi connectivity index (χ0) is 26.2. The Morgan fingerprint density at radius 3 is 2.76 bits per heavy atom. The van der Waals surface area contributed by atoms with Crippen molar-refractivity contribution in [3.05, 3.63) is 36.4 Å². The molecule has 2 N–H and O–H groups in total. The fraction of sp³-hybridized carbons (Fsp3) is 0.607. The van der Waals surface area contributed by atoms with Crippen LogP contribution in [0.2, 0.25) is 0 Å². The van der Waals surface area contributed by atoms with Crippen molar-refractivity contribution in [2.45, 2.75) is 62.8 Å². The summed E-state index contributed by atoms with van der Waals surface area (Å²) >= 11 is 0. The Morgan fingerprint density at radius 2 is 2.00 bits per heavy atom. The van der Waals surface area contributed by atoms with Gasteiger partial charge in [-0.15, -0.1) is 0 Å². The van der Waals surface area contributed by atoms with Crippen molar-refractivity contribution in [1.82, 2.24) is 10.2 Å². The lowest BCUT2D eigenvalue weighted by atomic mass is 9.74. The third kappa shape index (κ3) is 4.52. The third-order valence-corrected chi connectivity index (χ3v) is 8.45. The molecule has 3 heterocycles. The Balaban J connectivity index is 1.42. The summed E-state index contributed by atoms with van der Waals surface area (Å²) in [7, 11) is 3.17. The number of nitrogens with zero attached hydrogens (tertiary/aromatic N) is 1. The molecule has 5 rings (SSSR count). The number of carbonyl (C=O) groups is 3. The molecule has 4 aliphatic rings. The van der Waals surface area contributed by atoms with E-state index in [-0.39, 0.29) is 23.8 Å². The number of benzene rings is 1. The Kier molecular flexibility index (Phi) is 7.27. The van der Waals surface area contributed by atoms with Crippen molar-refractivity contribution in [1.29, 1.82) is 0 Å². The molecule has 0 radical (unpaired) electrons. The minimum Gasteiger partial charge on any atom is -0.497 e. The average Bonchev–Trinajstić information content (AvgIpc) is 3.53. The second kappa shape index (κ2) is 10.5. The van der Waals surface area contributed by atoms with E-state index in [4.69, 9.17) is 14.2 Å². The molecule has 3 aliphatic heterocycles. The lowest BCUT2D eigenvalue weighted by Gasteiger charge is -2.36. The number of anilines is 1. The number of rotatable bonds is 9. The summed E-state index contributed by atoms with van der Waals surface area (Å²) in [6.45, 7) is 2.99. The van der Waals surface area contributed by atoms with E-state index in [1.807, 2.05) is 12.2 Å². The molecule has 2 bridgehead atoms. The Hall–Kier alpha value is -2.91. The monoisotopic (exact) mass is 511 g/mol. The number of ether oxygens (including phenoxy) is 3. The second-order valence-electron chi connectivity index (χ2n) is 10.7. The zero-order valence-corrected chi connectivity index (χ0v) is 21.8. The van der Waals surface area contributed by atoms with Gasteiger partial charge in [-0.3, -0.25) is 14.4 Å². The fourth-order valence-electron chi connectivity index (χ4n) is 6.61. The number of likely N-dealkylation sites (tertiary alicyclic amines) is 1. The molecule has 1 aromatic rings. The first-order valence-corrected chi connectivity index (χ1v) is 13.3. The quantitative estimate of drug-likeness (QED) is 0.390. The van der Waals surface area contributed by atoms with Crippen LogP contribution in [0.4, 0.5) is 5.69 Å². The van der Waals surface area contributed by atoms with E-state index < -0.39 is 29.6 Å². The van der Waals surface area contributed by atoms with Crippen LogP contribution in [0.5, 0.6) is 5.75 Å². The molecule has 2 saturated heterocycles. The minimum absolute atomic E-state index is 0.0716. The summed E-state index contributed by atoms with van der Waals surface area (Å²) in [6.07, 6.45) is 7.95. The van der Waals surface area contributed by atoms with Crippen LogP contribution in [0.15, 0.2) is 36.4 Å². The predicted molar refractivity (Wildman–Crippen MR) is 137 cm³/mol. The standard InChI is InChI=1S/C28H37N3O6/c1-17-8-4-5-11-20(17)30-26(33)24-28-13-12-21(37-28)22(23(28)27(34)31(24)14-7-15-35-2)25(32)29-18-9-6-10-19(16-18)36-3/h6,9-10,12-13,16-17,20-24H,4-5,7-8,11,14-15H2,1-3H3,(H,29,32)(H,30,33)/t17-,20+,21-,22-,23-,24+,28+/m1/s1. The first-order chi connectivity index (χ1) is 17.9. The van der Waals surface area contributed by atoms with Crippen LogP contribution in [0.3, 0.4) is 0 Å². The summed E-state index contributed by atoms with van der Waals surface area (Å²) < 4.78 is 16.9. The second-order valence-corrected chi connectivity index (χ2v) is 10.7. The highest BCUT2D eigenvalue weighted by Crippen LogP contribution is 2.55. The number of hydrogen-bond acceptors (Lipinski definition) is 6. The van der Waals surface area contributed by atoms with E-state index in [0.29, 0.717) is 36.9 Å². The van der Waals surface area contributed by atoms with Crippen LogP contribution in [0.1, 0.15) is 39.0 Å². The van der Waals surface area contributed by atoms with Crippen molar-refractivity contribution >= 4 is 23.4 Å². The smallest absolute Gasteiger partial charge is 0.246 e. The van der Waals surface area contributed by atoms with Crippen molar-refractivity contribution in [3.8, 4) is 5.75 Å². The number of nitrogens with one attached hydrogen (secondary N) is 2. The topological polar surface area (TPSA) is 106 Å². The molecule has 200 valence electrons. The Labute approximate surface area is 217 Å². The average molecular weight is 512 g/mol. The van der Waals surface area contributed by atoms with Gasteiger partial charge in [-0.25, -0.2) is 0 Å². The number of carbonyl (C=O) groups excluding carboxylic acids is 3. The lowest BCUT2D eigenvalue weighted by Crippen LogP contribution is -2.57. The molecular formula is C28H37N3O6. The molecule has 9 heteroatoms. The molecule has 1 aromatic carbocycles. The van der Waals surface area contributed by atoms with Gasteiger partial charge < -0.3 is 29.7 Å². The highest BCUT2D eigenvalue weighted by molar-refractivity contribution is 6.02. The van der Waals surface area contributed by atoms with Gasteiger partial charge >= 0.3 is 0 Å². The van der Waals surface area contributed by atoms with Crippen molar-refractivity contribution < 1.29 is 28.6 Å². The SMILES string of the molecule is COCCCN1C(=O)[C@H]2[C@H](C(=O)Nc3cccc(OC)c3)[C@H]3C=C[C@@]2(O3)[C@@H]1C(=O)N[C@H]1CCCC[C@H]1C. The molecule has 1 aliphatic carbocycles. The Morgan fingerprint density at radius 1 is 1.19 bits per heavy atom. The van der Waals surface area contributed by atoms with Gasteiger partial charge in [0.1, 0.15) is 17.4 Å². The van der Waals surface area contributed by atoms with Gasteiger partial charge in [0.2, 0.25) is 17.7 Å². The van der Waals surface area contributed by atoms with Crippen LogP contribution in [0.25, 0.3) is 0 Å². The zero-order valence-electron chi connectivity index (χ0n) is 21.8. The maximum atomic E-state index is 13.9. The molecule has 3 amide bonds. The van der Waals surface area contributed by atoms with Crippen LogP contribution in [0, 0.1) is 17.8 Å². The van der Waals surface area contributed by atoms with Gasteiger partial charge in [0.15, 0.2) is 0 Å². The van der Waals surface area contributed by atoms with Crippen molar-refractivity contribution in [2.24, 2.45) is 17.8 Å². The van der Waals surface area contributed by atoms with Crippen LogP contribution in [-0.2, 0) is 23.9 Å². The number of amides is 3. The van der Waals surface area contributed by atoms with E-state index in [2.05, 4.69) is 17.6 Å². The molecule has 0 aromatic heterocycles. The van der Waals surface area contributed by atoms with E-state index in [1.54, 1.807) is 43.4 Å². The molecular weight excluding hydrogens is 474 g/mol. The van der Waals surface area contributed by atoms with Gasteiger partial charge in [0.25, 0.3) is 0 Å². The van der Waals surface area contributed by atoms with Gasteiger partial charge in [-0.1, -0.05) is 38.0 Å². The van der Waals surface area contributed by atoms with Gasteiger partial charge in [-0.05, 0) is 37.3 Å². The summed E-state index contributed by atoms with van der Waals surface area (Å²) in [6, 6.07) is 6.33. The molecule has 7 atom stereocenters. The van der Waals surface area contributed by atoms with Crippen LogP contribution >= 0.6 is 0 Å². The predicted octanol–water partition coefficient (Wildman–Crippen LogP) is 2.52. The number of methoxy groups -OCH3 is 2. The number of hydrogen-bond donors (Lipinski definition) is 2. The summed E-state index contributed by atoms with van der Waals surface area (Å²) in [4.78, 5) is 42.9. The Bertz CT molecular complexity index is 1080. The maximum absolute atomic E-state index is 13.9. The van der Waals surface area contributed by atoms with Crippen molar-refractivity contribution in [2.75, 3.05) is 32.7 Å². The summed E-state index contributed by atoms with van der Waals surface area (Å²) in [5, 5.41) is 6.18. The molecule has 3 fully saturated rings. The minimum atomic E-state index is -1.16. The third-order valence-electron chi connectivity index (χ3n) is 8.45. The highest BCUT2D eigenvalue weighted by atomic mass is 16.5. The molecule has 0 unspecified atom stereocenters.